The van der Waals surface area contributed by atoms with E-state index in [9.17, 15) is 9.59 Å². The number of carbonyl (C=O) groups is 2. The lowest BCUT2D eigenvalue weighted by molar-refractivity contribution is -0.112. The number of amides is 1. The third kappa shape index (κ3) is 3.83. The molecule has 2 N–H and O–H groups in total. The van der Waals surface area contributed by atoms with Crippen molar-refractivity contribution < 1.29 is 9.59 Å². The number of fused-ring (bicyclic) bond motifs is 1. The molecule has 6 heteroatoms. The Morgan fingerprint density at radius 1 is 1.11 bits per heavy atom. The average molecular weight is 384 g/mol. The molecule has 0 unspecified atom stereocenters. The Hall–Kier alpha value is -2.79. The summed E-state index contributed by atoms with van der Waals surface area (Å²) in [5.74, 6) is -1.25. The fourth-order valence-electron chi connectivity index (χ4n) is 3.16. The number of anilines is 2. The number of rotatable bonds is 6. The number of aromatic nitrogens is 1. The molecule has 5 nitrogen and oxygen atoms in total. The number of carbonyl (C=O) groups excluding carboxylic acids is 2. The Kier molecular flexibility index (Phi) is 5.51. The van der Waals surface area contributed by atoms with Gasteiger partial charge in [-0.25, -0.2) is 0 Å². The summed E-state index contributed by atoms with van der Waals surface area (Å²) in [6.45, 7) is 7.93. The van der Waals surface area contributed by atoms with E-state index in [2.05, 4.69) is 29.0 Å². The van der Waals surface area contributed by atoms with Crippen LogP contribution in [0.1, 0.15) is 29.8 Å². The molecular formula is C21H22ClN3O2. The molecule has 0 aliphatic heterocycles. The molecule has 0 aliphatic carbocycles. The number of nitrogens with zero attached hydrogens (tertiary/aromatic N) is 1. The van der Waals surface area contributed by atoms with E-state index >= 15 is 0 Å². The SMILES string of the molecule is CCN(CC)c1ccc(NC(=O)C(=O)c2c[nH]c3cc(Cl)ccc23)c(C)c1. The predicted molar refractivity (Wildman–Crippen MR) is 111 cm³/mol. The van der Waals surface area contributed by atoms with Gasteiger partial charge >= 0.3 is 0 Å². The summed E-state index contributed by atoms with van der Waals surface area (Å²) in [7, 11) is 0. The van der Waals surface area contributed by atoms with Crippen molar-refractivity contribution in [2.24, 2.45) is 0 Å². The Morgan fingerprint density at radius 3 is 2.52 bits per heavy atom. The lowest BCUT2D eigenvalue weighted by Gasteiger charge is -2.22. The summed E-state index contributed by atoms with van der Waals surface area (Å²) in [5, 5.41) is 3.97. The van der Waals surface area contributed by atoms with Gasteiger partial charge in [-0.2, -0.15) is 0 Å². The van der Waals surface area contributed by atoms with E-state index in [-0.39, 0.29) is 0 Å². The Bertz CT molecular complexity index is 1010. The maximum Gasteiger partial charge on any atom is 0.296 e. The number of benzene rings is 2. The Labute approximate surface area is 163 Å². The summed E-state index contributed by atoms with van der Waals surface area (Å²) in [5.41, 5.74) is 3.68. The number of hydrogen-bond acceptors (Lipinski definition) is 3. The second-order valence-electron chi connectivity index (χ2n) is 6.35. The van der Waals surface area contributed by atoms with Gasteiger partial charge in [-0.1, -0.05) is 17.7 Å². The molecule has 140 valence electrons. The van der Waals surface area contributed by atoms with Gasteiger partial charge in [0.15, 0.2) is 0 Å². The molecular weight excluding hydrogens is 362 g/mol. The number of hydrogen-bond donors (Lipinski definition) is 2. The standard InChI is InChI=1S/C21H22ClN3O2/c1-4-25(5-2)15-7-9-18(13(3)10-15)24-21(27)20(26)17-12-23-19-11-14(22)6-8-16(17)19/h6-12,23H,4-5H2,1-3H3,(H,24,27). The number of nitrogens with one attached hydrogen (secondary N) is 2. The molecule has 0 spiro atoms. The molecule has 3 aromatic rings. The van der Waals surface area contributed by atoms with E-state index in [0.29, 0.717) is 21.7 Å². The van der Waals surface area contributed by atoms with Crippen molar-refractivity contribution in [2.45, 2.75) is 20.8 Å². The van der Waals surface area contributed by atoms with Gasteiger partial charge in [0.2, 0.25) is 0 Å². The third-order valence-corrected chi connectivity index (χ3v) is 4.92. The van der Waals surface area contributed by atoms with Gasteiger partial charge < -0.3 is 15.2 Å². The summed E-state index contributed by atoms with van der Waals surface area (Å²) in [4.78, 5) is 30.3. The molecule has 2 aromatic carbocycles. The highest BCUT2D eigenvalue weighted by Crippen LogP contribution is 2.25. The monoisotopic (exact) mass is 383 g/mol. The highest BCUT2D eigenvalue weighted by molar-refractivity contribution is 6.48. The summed E-state index contributed by atoms with van der Waals surface area (Å²) in [6, 6.07) is 11.0. The van der Waals surface area contributed by atoms with Crippen molar-refractivity contribution in [3.05, 3.63) is 58.7 Å². The Balaban J connectivity index is 1.81. The first-order valence-corrected chi connectivity index (χ1v) is 9.30. The minimum Gasteiger partial charge on any atom is -0.372 e. The van der Waals surface area contributed by atoms with Crippen molar-refractivity contribution in [3.63, 3.8) is 0 Å². The Morgan fingerprint density at radius 2 is 1.85 bits per heavy atom. The fraction of sp³-hybridized carbons (Fsp3) is 0.238. The molecule has 0 atom stereocenters. The molecule has 27 heavy (non-hydrogen) atoms. The lowest BCUT2D eigenvalue weighted by Crippen LogP contribution is -2.24. The lowest BCUT2D eigenvalue weighted by atomic mass is 10.1. The molecule has 1 aromatic heterocycles. The quantitative estimate of drug-likeness (QED) is 0.474. The average Bonchev–Trinajstić information content (AvgIpc) is 3.07. The molecule has 0 fully saturated rings. The number of ketones is 1. The zero-order chi connectivity index (χ0) is 19.6. The van der Waals surface area contributed by atoms with Crippen LogP contribution in [0.2, 0.25) is 5.02 Å². The van der Waals surface area contributed by atoms with Crippen molar-refractivity contribution in [1.82, 2.24) is 4.98 Å². The van der Waals surface area contributed by atoms with Crippen LogP contribution in [-0.2, 0) is 4.79 Å². The minimum atomic E-state index is -0.662. The van der Waals surface area contributed by atoms with Gasteiger partial charge in [0.25, 0.3) is 11.7 Å². The first-order chi connectivity index (χ1) is 12.9. The second kappa shape index (κ2) is 7.84. The zero-order valence-corrected chi connectivity index (χ0v) is 16.4. The van der Waals surface area contributed by atoms with Crippen LogP contribution in [0.4, 0.5) is 11.4 Å². The van der Waals surface area contributed by atoms with Gasteiger partial charge in [-0.05, 0) is 56.7 Å². The largest absolute Gasteiger partial charge is 0.372 e. The van der Waals surface area contributed by atoms with Crippen molar-refractivity contribution >= 4 is 45.6 Å². The summed E-state index contributed by atoms with van der Waals surface area (Å²) < 4.78 is 0. The van der Waals surface area contributed by atoms with Crippen LogP contribution in [0, 0.1) is 6.92 Å². The number of halogens is 1. The topological polar surface area (TPSA) is 65.2 Å². The van der Waals surface area contributed by atoms with Gasteiger partial charge in [-0.15, -0.1) is 0 Å². The molecule has 0 saturated carbocycles. The van der Waals surface area contributed by atoms with E-state index < -0.39 is 11.7 Å². The fourth-order valence-corrected chi connectivity index (χ4v) is 3.33. The van der Waals surface area contributed by atoms with Crippen LogP contribution in [0.3, 0.4) is 0 Å². The van der Waals surface area contributed by atoms with E-state index in [0.717, 1.165) is 29.9 Å². The van der Waals surface area contributed by atoms with Crippen LogP contribution in [0.25, 0.3) is 10.9 Å². The van der Waals surface area contributed by atoms with Gasteiger partial charge in [-0.3, -0.25) is 9.59 Å². The molecule has 1 amide bonds. The van der Waals surface area contributed by atoms with Crippen LogP contribution in [0.15, 0.2) is 42.6 Å². The number of aromatic amines is 1. The first-order valence-electron chi connectivity index (χ1n) is 8.92. The maximum atomic E-state index is 12.6. The van der Waals surface area contributed by atoms with Crippen LogP contribution >= 0.6 is 11.6 Å². The molecule has 1 heterocycles. The normalized spacial score (nSPS) is 10.8. The van der Waals surface area contributed by atoms with Crippen LogP contribution < -0.4 is 10.2 Å². The summed E-state index contributed by atoms with van der Waals surface area (Å²) in [6.07, 6.45) is 1.54. The second-order valence-corrected chi connectivity index (χ2v) is 6.78. The molecule has 3 rings (SSSR count). The van der Waals surface area contributed by atoms with Gasteiger partial charge in [0.1, 0.15) is 0 Å². The number of H-pyrrole nitrogens is 1. The maximum absolute atomic E-state index is 12.6. The predicted octanol–water partition coefficient (Wildman–Crippen LogP) is 4.80. The van der Waals surface area contributed by atoms with E-state index in [1.807, 2.05) is 25.1 Å². The zero-order valence-electron chi connectivity index (χ0n) is 15.6. The first kappa shape index (κ1) is 19.0. The highest BCUT2D eigenvalue weighted by Gasteiger charge is 2.21. The molecule has 0 bridgehead atoms. The van der Waals surface area contributed by atoms with Crippen molar-refractivity contribution in [3.8, 4) is 0 Å². The van der Waals surface area contributed by atoms with Crippen LogP contribution in [0.5, 0.6) is 0 Å². The molecule has 0 radical (unpaired) electrons. The summed E-state index contributed by atoms with van der Waals surface area (Å²) >= 11 is 5.96. The van der Waals surface area contributed by atoms with Gasteiger partial charge in [0.05, 0.1) is 5.56 Å². The number of aryl methyl sites for hydroxylation is 1. The van der Waals surface area contributed by atoms with Crippen molar-refractivity contribution in [1.29, 1.82) is 0 Å². The van der Waals surface area contributed by atoms with E-state index in [1.54, 1.807) is 24.4 Å². The minimum absolute atomic E-state index is 0.330. The van der Waals surface area contributed by atoms with Gasteiger partial charge in [0, 0.05) is 46.6 Å². The van der Waals surface area contributed by atoms with E-state index in [4.69, 9.17) is 11.6 Å². The molecule has 0 aliphatic rings. The van der Waals surface area contributed by atoms with E-state index in [1.165, 1.54) is 0 Å². The third-order valence-electron chi connectivity index (χ3n) is 4.68. The number of Topliss-reactive ketones (excluding diaryl/α,β-unsaturated/α-hetero) is 1. The molecule has 0 saturated heterocycles. The van der Waals surface area contributed by atoms with Crippen molar-refractivity contribution in [2.75, 3.05) is 23.3 Å². The smallest absolute Gasteiger partial charge is 0.296 e. The highest BCUT2D eigenvalue weighted by atomic mass is 35.5. The van der Waals surface area contributed by atoms with Crippen LogP contribution in [-0.4, -0.2) is 29.8 Å².